The first-order chi connectivity index (χ1) is 11.0. The summed E-state index contributed by atoms with van der Waals surface area (Å²) in [5.74, 6) is -0.874. The van der Waals surface area contributed by atoms with Gasteiger partial charge >= 0.3 is 17.7 Å². The van der Waals surface area contributed by atoms with Gasteiger partial charge in [0.25, 0.3) is 0 Å². The second kappa shape index (κ2) is 7.11. The molecule has 0 spiro atoms. The van der Waals surface area contributed by atoms with Crippen molar-refractivity contribution in [1.82, 2.24) is 9.99 Å². The molecular formula is C14H20N4O6. The lowest BCUT2D eigenvalue weighted by Gasteiger charge is -2.31. The number of hydrogen-bond acceptors (Lipinski definition) is 8. The summed E-state index contributed by atoms with van der Waals surface area (Å²) in [5.41, 5.74) is -1.24. The maximum atomic E-state index is 12.1. The van der Waals surface area contributed by atoms with E-state index in [2.05, 4.69) is 9.72 Å². The Hall–Kier alpha value is -2.91. The molecule has 0 fully saturated rings. The fourth-order valence-corrected chi connectivity index (χ4v) is 1.65. The number of nitro groups is 1. The Bertz CT molecular complexity index is 655. The molecule has 1 rings (SSSR count). The Labute approximate surface area is 139 Å². The minimum Gasteiger partial charge on any atom is -0.465 e. The Morgan fingerprint density at radius 2 is 1.88 bits per heavy atom. The molecule has 0 unspecified atom stereocenters. The smallest absolute Gasteiger partial charge is 0.429 e. The molecule has 1 amide bonds. The van der Waals surface area contributed by atoms with Gasteiger partial charge in [-0.25, -0.2) is 19.6 Å². The average molecular weight is 340 g/mol. The van der Waals surface area contributed by atoms with Gasteiger partial charge in [0, 0.05) is 26.4 Å². The second-order valence-corrected chi connectivity index (χ2v) is 5.84. The van der Waals surface area contributed by atoms with Crippen molar-refractivity contribution in [1.29, 1.82) is 0 Å². The fraction of sp³-hybridized carbons (Fsp3) is 0.500. The zero-order valence-corrected chi connectivity index (χ0v) is 14.4. The van der Waals surface area contributed by atoms with Crippen LogP contribution >= 0.6 is 0 Å². The Balaban J connectivity index is 3.18. The van der Waals surface area contributed by atoms with Crippen molar-refractivity contribution in [3.05, 3.63) is 27.9 Å². The van der Waals surface area contributed by atoms with E-state index >= 15 is 0 Å². The van der Waals surface area contributed by atoms with Crippen LogP contribution in [0.4, 0.5) is 16.3 Å². The third-order valence-electron chi connectivity index (χ3n) is 2.88. The number of nitrogens with zero attached hydrogens (tertiary/aromatic N) is 4. The summed E-state index contributed by atoms with van der Waals surface area (Å²) in [7, 11) is 3.95. The topological polar surface area (TPSA) is 115 Å². The second-order valence-electron chi connectivity index (χ2n) is 5.84. The molecule has 10 heteroatoms. The monoisotopic (exact) mass is 340 g/mol. The highest BCUT2D eigenvalue weighted by Crippen LogP contribution is 2.27. The minimum absolute atomic E-state index is 0.0683. The fourth-order valence-electron chi connectivity index (χ4n) is 1.65. The zero-order chi connectivity index (χ0) is 18.7. The number of pyridine rings is 1. The first kappa shape index (κ1) is 19.1. The highest BCUT2D eigenvalue weighted by atomic mass is 16.6. The molecule has 0 saturated carbocycles. The predicted molar refractivity (Wildman–Crippen MR) is 84.6 cm³/mol. The number of hydrazine groups is 1. The maximum Gasteiger partial charge on any atom is 0.429 e. The molecule has 0 atom stereocenters. The summed E-state index contributed by atoms with van der Waals surface area (Å²) in [5, 5.41) is 13.5. The molecule has 0 aliphatic heterocycles. The van der Waals surface area contributed by atoms with Crippen molar-refractivity contribution in [3.8, 4) is 0 Å². The van der Waals surface area contributed by atoms with E-state index in [4.69, 9.17) is 4.74 Å². The summed E-state index contributed by atoms with van der Waals surface area (Å²) in [6, 6.07) is 1.04. The van der Waals surface area contributed by atoms with Crippen LogP contribution in [-0.4, -0.2) is 53.8 Å². The van der Waals surface area contributed by atoms with Crippen molar-refractivity contribution >= 4 is 23.6 Å². The quantitative estimate of drug-likeness (QED) is 0.464. The van der Waals surface area contributed by atoms with Gasteiger partial charge in [-0.3, -0.25) is 15.1 Å². The largest absolute Gasteiger partial charge is 0.465 e. The lowest BCUT2D eigenvalue weighted by molar-refractivity contribution is -0.384. The number of carbonyl (C=O) groups excluding carboxylic acids is 2. The van der Waals surface area contributed by atoms with Gasteiger partial charge in [-0.05, 0) is 20.8 Å². The van der Waals surface area contributed by atoms with Crippen molar-refractivity contribution in [2.75, 3.05) is 26.2 Å². The van der Waals surface area contributed by atoms with E-state index in [9.17, 15) is 19.7 Å². The zero-order valence-electron chi connectivity index (χ0n) is 14.4. The molecule has 0 aliphatic carbocycles. The van der Waals surface area contributed by atoms with E-state index in [1.165, 1.54) is 14.1 Å². The van der Waals surface area contributed by atoms with Crippen molar-refractivity contribution in [2.45, 2.75) is 26.4 Å². The van der Waals surface area contributed by atoms with Crippen LogP contribution in [-0.2, 0) is 9.47 Å². The molecule has 132 valence electrons. The van der Waals surface area contributed by atoms with E-state index in [0.717, 1.165) is 29.4 Å². The highest BCUT2D eigenvalue weighted by molar-refractivity contribution is 5.90. The molecule has 10 nitrogen and oxygen atoms in total. The molecule has 1 aromatic rings. The maximum absolute atomic E-state index is 12.1. The lowest BCUT2D eigenvalue weighted by Crippen LogP contribution is -2.44. The summed E-state index contributed by atoms with van der Waals surface area (Å²) >= 11 is 0. The highest BCUT2D eigenvalue weighted by Gasteiger charge is 2.28. The average Bonchev–Trinajstić information content (AvgIpc) is 2.50. The van der Waals surface area contributed by atoms with Crippen LogP contribution in [0.2, 0.25) is 0 Å². The van der Waals surface area contributed by atoms with Gasteiger partial charge in [0.05, 0.1) is 17.6 Å². The molecule has 1 heterocycles. The van der Waals surface area contributed by atoms with Crippen molar-refractivity contribution in [2.24, 2.45) is 0 Å². The number of methoxy groups -OCH3 is 1. The van der Waals surface area contributed by atoms with Crippen LogP contribution in [0.1, 0.15) is 31.1 Å². The standard InChI is InChI=1S/C14H20N4O6/c1-14(2,3)24-13(20)17(5)16(4)11-10(18(21)22)7-9(8-15-11)12(19)23-6/h7-8H,1-6H3. The summed E-state index contributed by atoms with van der Waals surface area (Å²) < 4.78 is 9.71. The first-order valence-electron chi connectivity index (χ1n) is 6.91. The SMILES string of the molecule is COC(=O)c1cnc(N(C)N(C)C(=O)OC(C)(C)C)c([N+](=O)[O-])c1. The number of carbonyl (C=O) groups is 2. The van der Waals surface area contributed by atoms with Crippen molar-refractivity contribution < 1.29 is 24.0 Å². The summed E-state index contributed by atoms with van der Waals surface area (Å²) in [6.45, 7) is 5.10. The molecular weight excluding hydrogens is 320 g/mol. The van der Waals surface area contributed by atoms with Crippen LogP contribution in [0.15, 0.2) is 12.3 Å². The van der Waals surface area contributed by atoms with Gasteiger partial charge in [0.15, 0.2) is 0 Å². The molecule has 0 aromatic carbocycles. The van der Waals surface area contributed by atoms with Gasteiger partial charge in [0.2, 0.25) is 5.82 Å². The molecule has 1 aromatic heterocycles. The lowest BCUT2D eigenvalue weighted by atomic mass is 10.2. The van der Waals surface area contributed by atoms with Crippen LogP contribution in [0, 0.1) is 10.1 Å². The van der Waals surface area contributed by atoms with Crippen LogP contribution in [0.25, 0.3) is 0 Å². The Kier molecular flexibility index (Phi) is 5.67. The van der Waals surface area contributed by atoms with E-state index in [1.54, 1.807) is 20.8 Å². The van der Waals surface area contributed by atoms with Crippen molar-refractivity contribution in [3.63, 3.8) is 0 Å². The van der Waals surface area contributed by atoms with Gasteiger partial charge in [0.1, 0.15) is 5.60 Å². The third-order valence-corrected chi connectivity index (χ3v) is 2.88. The van der Waals surface area contributed by atoms with E-state index in [0.29, 0.717) is 0 Å². The van der Waals surface area contributed by atoms with Crippen LogP contribution in [0.5, 0.6) is 0 Å². The van der Waals surface area contributed by atoms with E-state index in [1.807, 2.05) is 0 Å². The number of amides is 1. The number of hydrogen-bond donors (Lipinski definition) is 0. The number of ether oxygens (including phenoxy) is 2. The molecule has 0 bridgehead atoms. The number of anilines is 1. The first-order valence-corrected chi connectivity index (χ1v) is 6.91. The molecule has 0 N–H and O–H groups in total. The Morgan fingerprint density at radius 3 is 2.33 bits per heavy atom. The summed E-state index contributed by atoms with van der Waals surface area (Å²) in [4.78, 5) is 38.0. The van der Waals surface area contributed by atoms with Gasteiger partial charge in [-0.1, -0.05) is 0 Å². The molecule has 0 radical (unpaired) electrons. The minimum atomic E-state index is -0.750. The molecule has 0 aliphatic rings. The van der Waals surface area contributed by atoms with Gasteiger partial charge in [-0.2, -0.15) is 0 Å². The summed E-state index contributed by atoms with van der Waals surface area (Å²) in [6.07, 6.45) is 0.422. The van der Waals surface area contributed by atoms with Gasteiger partial charge < -0.3 is 9.47 Å². The number of esters is 1. The van der Waals surface area contributed by atoms with Crippen LogP contribution in [0.3, 0.4) is 0 Å². The third kappa shape index (κ3) is 4.54. The molecule has 24 heavy (non-hydrogen) atoms. The molecule has 0 saturated heterocycles. The van der Waals surface area contributed by atoms with Crippen LogP contribution < -0.4 is 5.01 Å². The number of aromatic nitrogens is 1. The van der Waals surface area contributed by atoms with E-state index in [-0.39, 0.29) is 11.4 Å². The van der Waals surface area contributed by atoms with E-state index < -0.39 is 28.3 Å². The Morgan fingerprint density at radius 1 is 1.29 bits per heavy atom. The normalized spacial score (nSPS) is 10.8. The van der Waals surface area contributed by atoms with Gasteiger partial charge in [-0.15, -0.1) is 0 Å². The number of rotatable bonds is 4. The predicted octanol–water partition coefficient (Wildman–Crippen LogP) is 1.99.